The van der Waals surface area contributed by atoms with Crippen molar-refractivity contribution in [2.45, 2.75) is 33.1 Å². The van der Waals surface area contributed by atoms with Gasteiger partial charge in [-0.25, -0.2) is 0 Å². The minimum absolute atomic E-state index is 0.197. The predicted octanol–water partition coefficient (Wildman–Crippen LogP) is 3.38. The van der Waals surface area contributed by atoms with Crippen molar-refractivity contribution in [1.29, 1.82) is 0 Å². The van der Waals surface area contributed by atoms with Gasteiger partial charge in [0.25, 0.3) is 0 Å². The number of rotatable bonds is 10. The number of carbonyl (C=O) groups excluding carboxylic acids is 1. The van der Waals surface area contributed by atoms with E-state index in [1.165, 1.54) is 17.9 Å². The fourth-order valence-electron chi connectivity index (χ4n) is 2.85. The quantitative estimate of drug-likeness (QED) is 0.535. The van der Waals surface area contributed by atoms with Crippen LogP contribution in [-0.4, -0.2) is 49.2 Å². The number of carbonyl (C=O) groups is 1. The lowest BCUT2D eigenvalue weighted by atomic mass is 10.1. The number of nitrogens with one attached hydrogen (secondary N) is 1. The van der Waals surface area contributed by atoms with E-state index in [-0.39, 0.29) is 5.97 Å². The van der Waals surface area contributed by atoms with E-state index >= 15 is 0 Å². The summed E-state index contributed by atoms with van der Waals surface area (Å²) in [4.78, 5) is 16.5. The predicted molar refractivity (Wildman–Crippen MR) is 96.5 cm³/mol. The third-order valence-electron chi connectivity index (χ3n) is 4.29. The molecule has 0 radical (unpaired) electrons. The second-order valence-electron chi connectivity index (χ2n) is 5.96. The van der Waals surface area contributed by atoms with Crippen molar-refractivity contribution in [3.05, 3.63) is 30.0 Å². The average molecular weight is 332 g/mol. The average Bonchev–Trinajstić information content (AvgIpc) is 2.99. The first-order chi connectivity index (χ1) is 11.6. The number of esters is 1. The number of methoxy groups -OCH3 is 1. The van der Waals surface area contributed by atoms with E-state index in [4.69, 9.17) is 9.47 Å². The van der Waals surface area contributed by atoms with Crippen molar-refractivity contribution in [2.75, 3.05) is 33.4 Å². The summed E-state index contributed by atoms with van der Waals surface area (Å²) >= 11 is 0. The van der Waals surface area contributed by atoms with E-state index in [2.05, 4.69) is 35.1 Å². The number of aromatic amines is 1. The molecule has 0 fully saturated rings. The van der Waals surface area contributed by atoms with E-state index in [1.807, 2.05) is 6.07 Å². The molecule has 24 heavy (non-hydrogen) atoms. The van der Waals surface area contributed by atoms with Gasteiger partial charge in [0.1, 0.15) is 5.75 Å². The number of H-pyrrole nitrogens is 1. The molecule has 0 bridgehead atoms. The maximum atomic E-state index is 10.7. The van der Waals surface area contributed by atoms with E-state index in [0.717, 1.165) is 50.2 Å². The highest BCUT2D eigenvalue weighted by Crippen LogP contribution is 2.24. The fourth-order valence-corrected chi connectivity index (χ4v) is 2.85. The Bertz CT molecular complexity index is 651. The van der Waals surface area contributed by atoms with Crippen molar-refractivity contribution in [3.8, 4) is 5.75 Å². The molecule has 0 aliphatic carbocycles. The first-order valence-corrected chi connectivity index (χ1v) is 8.63. The van der Waals surface area contributed by atoms with Crippen LogP contribution in [0.5, 0.6) is 5.75 Å². The number of benzene rings is 1. The standard InChI is InChI=1S/C19H28N2O3/c1-4-21(10-5-6-12-24-15(2)22)11-9-16-14-20-19-8-7-17(23-3)13-18(16)19/h7-8,13-14,20H,4-6,9-12H2,1-3H3. The molecular weight excluding hydrogens is 304 g/mol. The summed E-state index contributed by atoms with van der Waals surface area (Å²) in [5.74, 6) is 0.693. The van der Waals surface area contributed by atoms with E-state index in [0.29, 0.717) is 6.61 Å². The summed E-state index contributed by atoms with van der Waals surface area (Å²) in [6, 6.07) is 6.13. The van der Waals surface area contributed by atoms with Crippen LogP contribution in [0.2, 0.25) is 0 Å². The number of hydrogen-bond acceptors (Lipinski definition) is 4. The van der Waals surface area contributed by atoms with Gasteiger partial charge in [-0.1, -0.05) is 6.92 Å². The van der Waals surface area contributed by atoms with Gasteiger partial charge in [-0.2, -0.15) is 0 Å². The maximum Gasteiger partial charge on any atom is 0.302 e. The first kappa shape index (κ1) is 18.3. The van der Waals surface area contributed by atoms with Gasteiger partial charge >= 0.3 is 5.97 Å². The number of aromatic nitrogens is 1. The summed E-state index contributed by atoms with van der Waals surface area (Å²) in [6.45, 7) is 7.24. The molecule has 0 spiro atoms. The van der Waals surface area contributed by atoms with Crippen molar-refractivity contribution < 1.29 is 14.3 Å². The van der Waals surface area contributed by atoms with Gasteiger partial charge in [0.2, 0.25) is 0 Å². The van der Waals surface area contributed by atoms with Crippen LogP contribution in [0, 0.1) is 0 Å². The lowest BCUT2D eigenvalue weighted by Gasteiger charge is -2.20. The third-order valence-corrected chi connectivity index (χ3v) is 4.29. The number of hydrogen-bond donors (Lipinski definition) is 1. The summed E-state index contributed by atoms with van der Waals surface area (Å²) < 4.78 is 10.3. The lowest BCUT2D eigenvalue weighted by molar-refractivity contribution is -0.141. The fraction of sp³-hybridized carbons (Fsp3) is 0.526. The molecule has 0 atom stereocenters. The van der Waals surface area contributed by atoms with Crippen molar-refractivity contribution in [2.24, 2.45) is 0 Å². The largest absolute Gasteiger partial charge is 0.497 e. The molecule has 2 rings (SSSR count). The molecule has 2 aromatic rings. The van der Waals surface area contributed by atoms with Crippen LogP contribution in [0.1, 0.15) is 32.3 Å². The molecule has 1 N–H and O–H groups in total. The molecule has 0 aliphatic heterocycles. The van der Waals surface area contributed by atoms with E-state index in [1.54, 1.807) is 7.11 Å². The Hall–Kier alpha value is -2.01. The molecule has 0 amide bonds. The minimum Gasteiger partial charge on any atom is -0.497 e. The van der Waals surface area contributed by atoms with Gasteiger partial charge in [-0.05, 0) is 56.1 Å². The number of unbranched alkanes of at least 4 members (excludes halogenated alkanes) is 1. The zero-order valence-electron chi connectivity index (χ0n) is 14.9. The summed E-state index contributed by atoms with van der Waals surface area (Å²) in [5, 5.41) is 1.24. The second kappa shape index (κ2) is 9.33. The molecule has 5 nitrogen and oxygen atoms in total. The monoisotopic (exact) mass is 332 g/mol. The number of fused-ring (bicyclic) bond motifs is 1. The van der Waals surface area contributed by atoms with Gasteiger partial charge in [-0.3, -0.25) is 4.79 Å². The molecule has 132 valence electrons. The Labute approximate surface area is 143 Å². The smallest absolute Gasteiger partial charge is 0.302 e. The Morgan fingerprint density at radius 3 is 2.79 bits per heavy atom. The van der Waals surface area contributed by atoms with Gasteiger partial charge in [-0.15, -0.1) is 0 Å². The topological polar surface area (TPSA) is 54.6 Å². The van der Waals surface area contributed by atoms with Crippen molar-refractivity contribution >= 4 is 16.9 Å². The molecule has 1 aromatic heterocycles. The van der Waals surface area contributed by atoms with Gasteiger partial charge in [0, 0.05) is 30.6 Å². The minimum atomic E-state index is -0.197. The number of ether oxygens (including phenoxy) is 2. The Morgan fingerprint density at radius 2 is 2.08 bits per heavy atom. The van der Waals surface area contributed by atoms with Gasteiger partial charge in [0.05, 0.1) is 13.7 Å². The van der Waals surface area contributed by atoms with Crippen molar-refractivity contribution in [1.82, 2.24) is 9.88 Å². The van der Waals surface area contributed by atoms with Crippen LogP contribution in [0.3, 0.4) is 0 Å². The van der Waals surface area contributed by atoms with Crippen molar-refractivity contribution in [3.63, 3.8) is 0 Å². The highest BCUT2D eigenvalue weighted by atomic mass is 16.5. The van der Waals surface area contributed by atoms with Crippen LogP contribution in [0.4, 0.5) is 0 Å². The molecular formula is C19H28N2O3. The lowest BCUT2D eigenvalue weighted by Crippen LogP contribution is -2.27. The van der Waals surface area contributed by atoms with Crippen LogP contribution >= 0.6 is 0 Å². The van der Waals surface area contributed by atoms with E-state index < -0.39 is 0 Å². The highest BCUT2D eigenvalue weighted by Gasteiger charge is 2.08. The normalized spacial score (nSPS) is 11.2. The molecule has 5 heteroatoms. The van der Waals surface area contributed by atoms with E-state index in [9.17, 15) is 4.79 Å². The van der Waals surface area contributed by atoms with Crippen LogP contribution < -0.4 is 4.74 Å². The molecule has 1 heterocycles. The highest BCUT2D eigenvalue weighted by molar-refractivity contribution is 5.84. The SMILES string of the molecule is CCN(CCCCOC(C)=O)CCc1c[nH]c2ccc(OC)cc12. The second-order valence-corrected chi connectivity index (χ2v) is 5.96. The Kier molecular flexibility index (Phi) is 7.12. The third kappa shape index (κ3) is 5.27. The first-order valence-electron chi connectivity index (χ1n) is 8.63. The van der Waals surface area contributed by atoms with Gasteiger partial charge in [0.15, 0.2) is 0 Å². The Balaban J connectivity index is 1.83. The number of likely N-dealkylation sites (N-methyl/N-ethyl adjacent to an activating group) is 1. The molecule has 0 saturated heterocycles. The molecule has 1 aromatic carbocycles. The Morgan fingerprint density at radius 1 is 1.25 bits per heavy atom. The summed E-state index contributed by atoms with van der Waals surface area (Å²) in [7, 11) is 1.70. The van der Waals surface area contributed by atoms with Crippen LogP contribution in [-0.2, 0) is 16.0 Å². The summed E-state index contributed by atoms with van der Waals surface area (Å²) in [5.41, 5.74) is 2.47. The zero-order valence-corrected chi connectivity index (χ0v) is 14.9. The molecule has 0 unspecified atom stereocenters. The zero-order chi connectivity index (χ0) is 17.4. The molecule has 0 saturated carbocycles. The molecule has 0 aliphatic rings. The van der Waals surface area contributed by atoms with Crippen LogP contribution in [0.15, 0.2) is 24.4 Å². The number of nitrogens with zero attached hydrogens (tertiary/aromatic N) is 1. The summed E-state index contributed by atoms with van der Waals surface area (Å²) in [6.07, 6.45) is 5.06. The van der Waals surface area contributed by atoms with Gasteiger partial charge < -0.3 is 19.4 Å². The maximum absolute atomic E-state index is 10.7. The van der Waals surface area contributed by atoms with Crippen LogP contribution in [0.25, 0.3) is 10.9 Å².